The van der Waals surface area contributed by atoms with Gasteiger partial charge < -0.3 is 29.5 Å². The van der Waals surface area contributed by atoms with E-state index in [-0.39, 0.29) is 18.6 Å². The number of halogens is 1. The van der Waals surface area contributed by atoms with Crippen molar-refractivity contribution >= 4 is 34.9 Å². The molecule has 2 aliphatic rings. The van der Waals surface area contributed by atoms with E-state index >= 15 is 0 Å². The van der Waals surface area contributed by atoms with Gasteiger partial charge in [0.2, 0.25) is 6.39 Å². The van der Waals surface area contributed by atoms with E-state index in [1.807, 2.05) is 36.1 Å². The first-order valence-electron chi connectivity index (χ1n) is 12.7. The summed E-state index contributed by atoms with van der Waals surface area (Å²) in [5, 5.41) is 22.1. The minimum atomic E-state index is -0.301. The van der Waals surface area contributed by atoms with Crippen molar-refractivity contribution in [3.63, 3.8) is 0 Å². The third-order valence-corrected chi connectivity index (χ3v) is 7.74. The number of hydrogen-bond acceptors (Lipinski definition) is 8. The molecule has 5 rings (SSSR count). The lowest BCUT2D eigenvalue weighted by atomic mass is 9.99. The number of para-hydroxylation sites is 1. The highest BCUT2D eigenvalue weighted by atomic mass is 35.5. The number of nitrogens with one attached hydrogen (secondary N) is 1. The molecule has 3 heterocycles. The van der Waals surface area contributed by atoms with Crippen molar-refractivity contribution in [2.24, 2.45) is 0 Å². The number of aromatic nitrogens is 2. The van der Waals surface area contributed by atoms with Crippen LogP contribution in [0.15, 0.2) is 47.2 Å². The first-order chi connectivity index (χ1) is 17.9. The lowest BCUT2D eigenvalue weighted by Gasteiger charge is -2.39. The smallest absolute Gasteiger partial charge is 0.318 e. The Hall–Kier alpha value is -3.30. The maximum absolute atomic E-state index is 13.6. The Morgan fingerprint density at radius 1 is 1.14 bits per heavy atom. The van der Waals surface area contributed by atoms with Gasteiger partial charge in [-0.15, -0.1) is 5.10 Å². The monoisotopic (exact) mass is 524 g/mol. The molecule has 0 radical (unpaired) electrons. The van der Waals surface area contributed by atoms with Crippen molar-refractivity contribution in [2.75, 3.05) is 54.4 Å². The van der Waals surface area contributed by atoms with Gasteiger partial charge in [0, 0.05) is 50.0 Å². The van der Waals surface area contributed by atoms with E-state index in [0.717, 1.165) is 53.5 Å². The van der Waals surface area contributed by atoms with Crippen LogP contribution in [0.2, 0.25) is 5.02 Å². The molecule has 37 heavy (non-hydrogen) atoms. The summed E-state index contributed by atoms with van der Waals surface area (Å²) in [6.45, 7) is 7.19. The molecule has 10 heteroatoms. The molecule has 1 aromatic heterocycles. The summed E-state index contributed by atoms with van der Waals surface area (Å²) in [5.41, 5.74) is 4.83. The average molecular weight is 525 g/mol. The van der Waals surface area contributed by atoms with E-state index in [1.54, 1.807) is 4.90 Å². The number of hydrogen-bond donors (Lipinski definition) is 2. The molecule has 2 saturated heterocycles. The third-order valence-electron chi connectivity index (χ3n) is 7.42. The maximum Gasteiger partial charge on any atom is 0.318 e. The van der Waals surface area contributed by atoms with E-state index in [1.165, 1.54) is 6.39 Å². The van der Waals surface area contributed by atoms with Crippen LogP contribution in [0.25, 0.3) is 0 Å². The number of anilines is 3. The fraction of sp³-hybridized carbons (Fsp3) is 0.444. The van der Waals surface area contributed by atoms with E-state index in [4.69, 9.17) is 16.0 Å². The number of amides is 1. The Kier molecular flexibility index (Phi) is 7.53. The molecule has 9 nitrogen and oxygen atoms in total. The number of aliphatic hydroxyl groups excluding tert-OH is 1. The summed E-state index contributed by atoms with van der Waals surface area (Å²) in [6.07, 6.45) is 3.24. The summed E-state index contributed by atoms with van der Waals surface area (Å²) in [5.74, 6) is -0.0299. The second-order valence-electron chi connectivity index (χ2n) is 9.84. The topological polar surface area (TPSA) is 98.0 Å². The summed E-state index contributed by atoms with van der Waals surface area (Å²) in [6, 6.07) is 12.4. The van der Waals surface area contributed by atoms with Crippen molar-refractivity contribution in [2.45, 2.75) is 38.8 Å². The zero-order valence-electron chi connectivity index (χ0n) is 21.2. The molecule has 2 N–H and O–H groups in total. The minimum Gasteiger partial charge on any atom is -0.411 e. The van der Waals surface area contributed by atoms with Crippen molar-refractivity contribution in [3.8, 4) is 0 Å². The molecule has 3 aromatic rings. The number of carbonyl (C=O) groups excluding carboxylic acids is 1. The summed E-state index contributed by atoms with van der Waals surface area (Å²) in [4.78, 5) is 19.6. The Morgan fingerprint density at radius 2 is 1.92 bits per heavy atom. The molecular weight excluding hydrogens is 492 g/mol. The zero-order valence-corrected chi connectivity index (χ0v) is 22.0. The standard InChI is InChI=1S/C27H33ClN6O3/c1-18-13-19(2)24(30-20-7-9-32(10-8-20)25-6-4-3-5-23(25)28)14-22(18)26(36)33-11-12-34(21(15-33)16-35)27-31-29-17-37-27/h3-6,13-14,17,20-21,30,35H,7-12,15-16H2,1-2H3/t21-/m0/s1. The Balaban J connectivity index is 1.25. The molecule has 2 fully saturated rings. The van der Waals surface area contributed by atoms with Gasteiger partial charge in [-0.2, -0.15) is 0 Å². The van der Waals surface area contributed by atoms with Crippen LogP contribution in [0.3, 0.4) is 0 Å². The van der Waals surface area contributed by atoms with Crippen LogP contribution in [-0.2, 0) is 0 Å². The summed E-state index contributed by atoms with van der Waals surface area (Å²) in [7, 11) is 0. The fourth-order valence-corrected chi connectivity index (χ4v) is 5.60. The molecule has 0 unspecified atom stereocenters. The zero-order chi connectivity index (χ0) is 25.9. The average Bonchev–Trinajstić information content (AvgIpc) is 3.45. The first kappa shape index (κ1) is 25.4. The fourth-order valence-electron chi connectivity index (χ4n) is 5.34. The van der Waals surface area contributed by atoms with Crippen LogP contribution in [0, 0.1) is 13.8 Å². The number of carbonyl (C=O) groups is 1. The predicted octanol–water partition coefficient (Wildman–Crippen LogP) is 3.74. The van der Waals surface area contributed by atoms with E-state index in [2.05, 4.69) is 39.5 Å². The van der Waals surface area contributed by atoms with Gasteiger partial charge in [-0.1, -0.05) is 34.9 Å². The minimum absolute atomic E-state index is 0.0299. The van der Waals surface area contributed by atoms with Gasteiger partial charge in [-0.25, -0.2) is 0 Å². The van der Waals surface area contributed by atoms with Crippen LogP contribution >= 0.6 is 11.6 Å². The number of nitrogens with zero attached hydrogens (tertiary/aromatic N) is 5. The van der Waals surface area contributed by atoms with E-state index < -0.39 is 0 Å². The van der Waals surface area contributed by atoms with Crippen molar-refractivity contribution < 1.29 is 14.3 Å². The van der Waals surface area contributed by atoms with Gasteiger partial charge in [0.25, 0.3) is 5.91 Å². The van der Waals surface area contributed by atoms with Crippen LogP contribution in [-0.4, -0.2) is 77.5 Å². The SMILES string of the molecule is Cc1cc(C)c(C(=O)N2CCN(c3nnco3)[C@H](CO)C2)cc1NC1CCN(c2ccccc2Cl)CC1. The molecule has 0 aliphatic carbocycles. The van der Waals surface area contributed by atoms with Crippen LogP contribution in [0.1, 0.15) is 34.3 Å². The molecular formula is C27H33ClN6O3. The Morgan fingerprint density at radius 3 is 2.62 bits per heavy atom. The number of aliphatic hydroxyl groups is 1. The maximum atomic E-state index is 13.6. The van der Waals surface area contributed by atoms with Gasteiger partial charge in [0.05, 0.1) is 23.4 Å². The van der Waals surface area contributed by atoms with Crippen LogP contribution < -0.4 is 15.1 Å². The quantitative estimate of drug-likeness (QED) is 0.503. The molecule has 1 amide bonds. The van der Waals surface area contributed by atoms with Gasteiger partial charge >= 0.3 is 6.01 Å². The summed E-state index contributed by atoms with van der Waals surface area (Å²) >= 11 is 6.40. The lowest BCUT2D eigenvalue weighted by molar-refractivity contribution is 0.0694. The first-order valence-corrected chi connectivity index (χ1v) is 13.1. The number of aryl methyl sites for hydroxylation is 2. The molecule has 0 spiro atoms. The molecule has 1 atom stereocenters. The molecule has 0 saturated carbocycles. The van der Waals surface area contributed by atoms with Crippen molar-refractivity contribution in [1.82, 2.24) is 15.1 Å². The Labute approximate surface area is 222 Å². The second-order valence-corrected chi connectivity index (χ2v) is 10.2. The lowest BCUT2D eigenvalue weighted by Crippen LogP contribution is -2.56. The van der Waals surface area contributed by atoms with Crippen LogP contribution in [0.4, 0.5) is 17.4 Å². The van der Waals surface area contributed by atoms with E-state index in [0.29, 0.717) is 37.3 Å². The van der Waals surface area contributed by atoms with Gasteiger partial charge in [0.1, 0.15) is 0 Å². The second kappa shape index (κ2) is 11.0. The van der Waals surface area contributed by atoms with Gasteiger partial charge in [-0.3, -0.25) is 4.79 Å². The number of benzene rings is 2. The van der Waals surface area contributed by atoms with Crippen LogP contribution in [0.5, 0.6) is 0 Å². The molecule has 2 aromatic carbocycles. The van der Waals surface area contributed by atoms with Crippen molar-refractivity contribution in [3.05, 3.63) is 64.5 Å². The normalized spacial score (nSPS) is 18.8. The highest BCUT2D eigenvalue weighted by molar-refractivity contribution is 6.33. The number of piperidine rings is 1. The number of piperazine rings is 1. The Bertz CT molecular complexity index is 1230. The van der Waals surface area contributed by atoms with Gasteiger partial charge in [0.15, 0.2) is 0 Å². The highest BCUT2D eigenvalue weighted by Crippen LogP contribution is 2.30. The van der Waals surface area contributed by atoms with Crippen molar-refractivity contribution in [1.29, 1.82) is 0 Å². The third kappa shape index (κ3) is 5.38. The number of rotatable bonds is 6. The largest absolute Gasteiger partial charge is 0.411 e. The van der Waals surface area contributed by atoms with E-state index in [9.17, 15) is 9.90 Å². The predicted molar refractivity (Wildman–Crippen MR) is 145 cm³/mol. The summed E-state index contributed by atoms with van der Waals surface area (Å²) < 4.78 is 5.31. The molecule has 2 aliphatic heterocycles. The molecule has 196 valence electrons. The molecule has 0 bridgehead atoms. The van der Waals surface area contributed by atoms with Gasteiger partial charge in [-0.05, 0) is 56.0 Å². The highest BCUT2D eigenvalue weighted by Gasteiger charge is 2.33.